The molecule has 26 heavy (non-hydrogen) atoms. The number of halogens is 1. The van der Waals surface area contributed by atoms with E-state index in [1.165, 1.54) is 10.6 Å². The summed E-state index contributed by atoms with van der Waals surface area (Å²) in [5.74, 6) is -0.947. The number of fused-ring (bicyclic) bond motifs is 1. The third-order valence-electron chi connectivity index (χ3n) is 5.07. The summed E-state index contributed by atoms with van der Waals surface area (Å²) >= 11 is 3.46. The van der Waals surface area contributed by atoms with Crippen molar-refractivity contribution < 1.29 is 18.3 Å². The van der Waals surface area contributed by atoms with Crippen LogP contribution in [0, 0.1) is 6.92 Å². The summed E-state index contributed by atoms with van der Waals surface area (Å²) in [7, 11) is -3.18. The molecule has 1 aliphatic heterocycles. The number of hydrogen-bond acceptors (Lipinski definition) is 4. The van der Waals surface area contributed by atoms with Crippen LogP contribution in [-0.2, 0) is 10.0 Å². The number of piperazine rings is 1. The van der Waals surface area contributed by atoms with Gasteiger partial charge in [-0.1, -0.05) is 0 Å². The largest absolute Gasteiger partial charge is 0.478 e. The van der Waals surface area contributed by atoms with Crippen LogP contribution in [0.5, 0.6) is 0 Å². The number of carbonyl (C=O) groups is 1. The van der Waals surface area contributed by atoms with Crippen LogP contribution in [0.2, 0.25) is 0 Å². The van der Waals surface area contributed by atoms with Crippen LogP contribution in [0.1, 0.15) is 34.6 Å². The van der Waals surface area contributed by atoms with Gasteiger partial charge in [-0.3, -0.25) is 4.90 Å². The lowest BCUT2D eigenvalue weighted by Gasteiger charge is -2.37. The SMILES string of the molecule is Cc1c(C(=O)O)cc2cc(Br)cn2c1C(C)N1CCN(S(C)(=O)=O)CC1. The number of sulfonamides is 1. The number of carboxylic acids is 1. The Kier molecular flexibility index (Phi) is 5.17. The van der Waals surface area contributed by atoms with Crippen molar-refractivity contribution in [3.8, 4) is 0 Å². The summed E-state index contributed by atoms with van der Waals surface area (Å²) in [5, 5.41) is 9.56. The Balaban J connectivity index is 1.99. The zero-order chi connectivity index (χ0) is 19.2. The van der Waals surface area contributed by atoms with Gasteiger partial charge in [0.2, 0.25) is 10.0 Å². The Hall–Kier alpha value is -1.42. The quantitative estimate of drug-likeness (QED) is 0.783. The van der Waals surface area contributed by atoms with Gasteiger partial charge in [0.05, 0.1) is 11.8 Å². The first-order valence-electron chi connectivity index (χ1n) is 8.33. The first kappa shape index (κ1) is 19.3. The summed E-state index contributed by atoms with van der Waals surface area (Å²) in [5.41, 5.74) is 2.75. The van der Waals surface area contributed by atoms with E-state index in [9.17, 15) is 18.3 Å². The van der Waals surface area contributed by atoms with Gasteiger partial charge in [-0.25, -0.2) is 13.2 Å². The topological polar surface area (TPSA) is 82.3 Å². The normalized spacial score (nSPS) is 18.3. The molecule has 3 rings (SSSR count). The third kappa shape index (κ3) is 3.53. The molecule has 2 aromatic heterocycles. The Morgan fingerprint density at radius 2 is 1.85 bits per heavy atom. The maximum Gasteiger partial charge on any atom is 0.336 e. The lowest BCUT2D eigenvalue weighted by molar-refractivity contribution is 0.0695. The lowest BCUT2D eigenvalue weighted by Crippen LogP contribution is -2.49. The van der Waals surface area contributed by atoms with Gasteiger partial charge in [-0.05, 0) is 47.5 Å². The minimum absolute atomic E-state index is 0.0437. The van der Waals surface area contributed by atoms with Gasteiger partial charge < -0.3 is 9.51 Å². The van der Waals surface area contributed by atoms with Gasteiger partial charge in [0.25, 0.3) is 0 Å². The number of carboxylic acid groups (broad SMARTS) is 1. The molecule has 0 saturated carbocycles. The van der Waals surface area contributed by atoms with Crippen LogP contribution < -0.4 is 0 Å². The van der Waals surface area contributed by atoms with Crippen LogP contribution >= 0.6 is 15.9 Å². The zero-order valence-electron chi connectivity index (χ0n) is 14.9. The molecule has 9 heteroatoms. The zero-order valence-corrected chi connectivity index (χ0v) is 17.3. The molecule has 1 fully saturated rings. The monoisotopic (exact) mass is 443 g/mol. The van der Waals surface area contributed by atoms with E-state index >= 15 is 0 Å². The van der Waals surface area contributed by atoms with Crippen molar-refractivity contribution in [2.24, 2.45) is 0 Å². The van der Waals surface area contributed by atoms with E-state index < -0.39 is 16.0 Å². The van der Waals surface area contributed by atoms with Gasteiger partial charge in [0, 0.05) is 54.1 Å². The molecule has 2 aromatic rings. The Morgan fingerprint density at radius 3 is 2.38 bits per heavy atom. The average Bonchev–Trinajstić information content (AvgIpc) is 2.92. The summed E-state index contributed by atoms with van der Waals surface area (Å²) in [6, 6.07) is 3.53. The van der Waals surface area contributed by atoms with Crippen LogP contribution in [0.3, 0.4) is 0 Å². The molecule has 0 aromatic carbocycles. The van der Waals surface area contributed by atoms with Crippen LogP contribution in [-0.4, -0.2) is 65.5 Å². The van der Waals surface area contributed by atoms with E-state index in [4.69, 9.17) is 0 Å². The molecule has 142 valence electrons. The molecular weight excluding hydrogens is 422 g/mol. The maximum atomic E-state index is 11.7. The van der Waals surface area contributed by atoms with Gasteiger partial charge in [0.15, 0.2) is 0 Å². The fraction of sp³-hybridized carbons (Fsp3) is 0.471. The van der Waals surface area contributed by atoms with Crippen LogP contribution in [0.4, 0.5) is 0 Å². The van der Waals surface area contributed by atoms with Crippen molar-refractivity contribution in [1.29, 1.82) is 0 Å². The number of pyridine rings is 1. The number of aromatic nitrogens is 1. The van der Waals surface area contributed by atoms with E-state index in [1.807, 2.05) is 30.5 Å². The number of rotatable bonds is 4. The Labute approximate surface area is 161 Å². The van der Waals surface area contributed by atoms with Crippen molar-refractivity contribution in [1.82, 2.24) is 13.6 Å². The molecule has 0 radical (unpaired) electrons. The van der Waals surface area contributed by atoms with E-state index in [0.29, 0.717) is 31.7 Å². The van der Waals surface area contributed by atoms with E-state index in [0.717, 1.165) is 21.2 Å². The van der Waals surface area contributed by atoms with Gasteiger partial charge >= 0.3 is 5.97 Å². The van der Waals surface area contributed by atoms with Crippen LogP contribution in [0.15, 0.2) is 22.8 Å². The molecule has 7 nitrogen and oxygen atoms in total. The molecule has 0 spiro atoms. The van der Waals surface area contributed by atoms with Crippen LogP contribution in [0.25, 0.3) is 5.52 Å². The summed E-state index contributed by atoms with van der Waals surface area (Å²) in [4.78, 5) is 13.9. The smallest absolute Gasteiger partial charge is 0.336 e. The highest BCUT2D eigenvalue weighted by Crippen LogP contribution is 2.30. The minimum atomic E-state index is -3.18. The third-order valence-corrected chi connectivity index (χ3v) is 6.81. The van der Waals surface area contributed by atoms with Crippen molar-refractivity contribution >= 4 is 37.4 Å². The standard InChI is InChI=1S/C17H22BrN3O4S/c1-11-15(17(22)23)9-14-8-13(18)10-21(14)16(11)12(2)19-4-6-20(7-5-19)26(3,24)25/h8-10,12H,4-7H2,1-3H3,(H,22,23). The molecule has 1 saturated heterocycles. The molecule has 0 bridgehead atoms. The average molecular weight is 444 g/mol. The van der Waals surface area contributed by atoms with E-state index in [1.54, 1.807) is 6.07 Å². The molecule has 0 amide bonds. The predicted octanol–water partition coefficient (Wildman–Crippen LogP) is 2.35. The molecule has 1 atom stereocenters. The summed E-state index contributed by atoms with van der Waals surface area (Å²) in [6.07, 6.45) is 3.17. The van der Waals surface area contributed by atoms with Crippen molar-refractivity contribution in [3.63, 3.8) is 0 Å². The molecule has 1 N–H and O–H groups in total. The number of hydrogen-bond donors (Lipinski definition) is 1. The minimum Gasteiger partial charge on any atom is -0.478 e. The maximum absolute atomic E-state index is 11.7. The van der Waals surface area contributed by atoms with Crippen molar-refractivity contribution in [3.05, 3.63) is 39.6 Å². The fourth-order valence-corrected chi connectivity index (χ4v) is 4.94. The Morgan fingerprint density at radius 1 is 1.23 bits per heavy atom. The molecular formula is C17H22BrN3O4S. The number of nitrogens with zero attached hydrogens (tertiary/aromatic N) is 3. The van der Waals surface area contributed by atoms with Gasteiger partial charge in [-0.2, -0.15) is 4.31 Å². The summed E-state index contributed by atoms with van der Waals surface area (Å²) in [6.45, 7) is 5.97. The lowest BCUT2D eigenvalue weighted by atomic mass is 10.0. The fourth-order valence-electron chi connectivity index (χ4n) is 3.67. The second-order valence-corrected chi connectivity index (χ2v) is 9.60. The molecule has 0 aliphatic carbocycles. The van der Waals surface area contributed by atoms with E-state index in [2.05, 4.69) is 20.8 Å². The Bertz CT molecular complexity index is 962. The summed E-state index contributed by atoms with van der Waals surface area (Å²) < 4.78 is 27.8. The van der Waals surface area contributed by atoms with Crippen molar-refractivity contribution in [2.75, 3.05) is 32.4 Å². The predicted molar refractivity (Wildman–Crippen MR) is 103 cm³/mol. The van der Waals surface area contributed by atoms with E-state index in [-0.39, 0.29) is 6.04 Å². The highest BCUT2D eigenvalue weighted by molar-refractivity contribution is 9.10. The first-order chi connectivity index (χ1) is 12.1. The highest BCUT2D eigenvalue weighted by atomic mass is 79.9. The van der Waals surface area contributed by atoms with Gasteiger partial charge in [0.1, 0.15) is 0 Å². The molecule has 1 aliphatic rings. The van der Waals surface area contributed by atoms with Gasteiger partial charge in [-0.15, -0.1) is 0 Å². The molecule has 1 unspecified atom stereocenters. The van der Waals surface area contributed by atoms with Crippen molar-refractivity contribution in [2.45, 2.75) is 19.9 Å². The number of aromatic carboxylic acids is 1. The highest BCUT2D eigenvalue weighted by Gasteiger charge is 2.29. The first-order valence-corrected chi connectivity index (χ1v) is 11.0. The molecule has 3 heterocycles. The second-order valence-electron chi connectivity index (χ2n) is 6.70. The second kappa shape index (κ2) is 6.95.